The van der Waals surface area contributed by atoms with Crippen molar-refractivity contribution in [3.05, 3.63) is 71.8 Å². The highest BCUT2D eigenvalue weighted by atomic mass is 16.6. The van der Waals surface area contributed by atoms with Crippen LogP contribution in [0, 0.1) is 0 Å². The van der Waals surface area contributed by atoms with Crippen LogP contribution in [0.15, 0.2) is 60.7 Å². The largest absolute Gasteiger partial charge is 0.444 e. The molecule has 1 fully saturated rings. The molecule has 0 unspecified atom stereocenters. The quantitative estimate of drug-likeness (QED) is 0.732. The van der Waals surface area contributed by atoms with Gasteiger partial charge in [0.2, 0.25) is 0 Å². The lowest BCUT2D eigenvalue weighted by Crippen LogP contribution is -2.46. The number of benzene rings is 2. The summed E-state index contributed by atoms with van der Waals surface area (Å²) in [6.45, 7) is 8.21. The van der Waals surface area contributed by atoms with Crippen molar-refractivity contribution in [3.63, 3.8) is 0 Å². The average molecular weight is 395 g/mol. The lowest BCUT2D eigenvalue weighted by Gasteiger charge is -2.34. The molecular formula is C25H34N2O2. The van der Waals surface area contributed by atoms with Crippen molar-refractivity contribution in [1.29, 1.82) is 0 Å². The fourth-order valence-electron chi connectivity index (χ4n) is 3.92. The number of carbonyl (C=O) groups excluding carboxylic acids is 1. The Morgan fingerprint density at radius 3 is 2.00 bits per heavy atom. The second kappa shape index (κ2) is 9.93. The number of rotatable bonds is 6. The van der Waals surface area contributed by atoms with E-state index in [4.69, 9.17) is 4.74 Å². The van der Waals surface area contributed by atoms with Gasteiger partial charge in [0, 0.05) is 25.0 Å². The fourth-order valence-corrected chi connectivity index (χ4v) is 3.92. The van der Waals surface area contributed by atoms with Gasteiger partial charge in [-0.25, -0.2) is 4.79 Å². The Kier molecular flexibility index (Phi) is 7.32. The van der Waals surface area contributed by atoms with Gasteiger partial charge in [0.05, 0.1) is 0 Å². The minimum atomic E-state index is -0.434. The van der Waals surface area contributed by atoms with Crippen LogP contribution in [0.2, 0.25) is 0 Å². The first-order valence-electron chi connectivity index (χ1n) is 10.7. The van der Waals surface area contributed by atoms with Gasteiger partial charge in [0.15, 0.2) is 0 Å². The van der Waals surface area contributed by atoms with Crippen molar-refractivity contribution in [2.75, 3.05) is 19.6 Å². The maximum absolute atomic E-state index is 12.2. The SMILES string of the molecule is CC(C)(C)OC(=O)N1CCC(NCCC(c2ccccc2)c2ccccc2)CC1. The Morgan fingerprint density at radius 2 is 1.52 bits per heavy atom. The number of piperidine rings is 1. The zero-order valence-electron chi connectivity index (χ0n) is 17.9. The van der Waals surface area contributed by atoms with Crippen molar-refractivity contribution in [2.45, 2.75) is 57.6 Å². The number of nitrogens with zero attached hydrogens (tertiary/aromatic N) is 1. The second-order valence-corrected chi connectivity index (χ2v) is 8.86. The van der Waals surface area contributed by atoms with E-state index in [2.05, 4.69) is 66.0 Å². The van der Waals surface area contributed by atoms with Gasteiger partial charge in [0.1, 0.15) is 5.60 Å². The van der Waals surface area contributed by atoms with Crippen molar-refractivity contribution >= 4 is 6.09 Å². The predicted molar refractivity (Wildman–Crippen MR) is 118 cm³/mol. The lowest BCUT2D eigenvalue weighted by atomic mass is 9.88. The van der Waals surface area contributed by atoms with Crippen molar-refractivity contribution in [1.82, 2.24) is 10.2 Å². The molecule has 0 radical (unpaired) electrons. The summed E-state index contributed by atoms with van der Waals surface area (Å²) >= 11 is 0. The predicted octanol–water partition coefficient (Wildman–Crippen LogP) is 5.20. The number of amides is 1. The van der Waals surface area contributed by atoms with E-state index in [-0.39, 0.29) is 6.09 Å². The van der Waals surface area contributed by atoms with Crippen LogP contribution in [-0.4, -0.2) is 42.3 Å². The van der Waals surface area contributed by atoms with Crippen molar-refractivity contribution < 1.29 is 9.53 Å². The molecular weight excluding hydrogens is 360 g/mol. The normalized spacial score (nSPS) is 15.5. The van der Waals surface area contributed by atoms with E-state index >= 15 is 0 Å². The summed E-state index contributed by atoms with van der Waals surface area (Å²) in [5.41, 5.74) is 2.29. The first-order chi connectivity index (χ1) is 13.9. The standard InChI is InChI=1S/C25H34N2O2/c1-25(2,3)29-24(28)27-18-15-22(16-19-27)26-17-14-23(20-10-6-4-7-11-20)21-12-8-5-9-13-21/h4-13,22-23,26H,14-19H2,1-3H3. The summed E-state index contributed by atoms with van der Waals surface area (Å²) in [4.78, 5) is 14.1. The first-order valence-corrected chi connectivity index (χ1v) is 10.7. The topological polar surface area (TPSA) is 41.6 Å². The number of likely N-dealkylation sites (tertiary alicyclic amines) is 1. The van der Waals surface area contributed by atoms with E-state index in [1.165, 1.54) is 11.1 Å². The van der Waals surface area contributed by atoms with Crippen LogP contribution in [0.4, 0.5) is 4.79 Å². The van der Waals surface area contributed by atoms with E-state index in [1.807, 2.05) is 25.7 Å². The maximum atomic E-state index is 12.2. The third kappa shape index (κ3) is 6.60. The Morgan fingerprint density at radius 1 is 1.00 bits per heavy atom. The zero-order chi connectivity index (χ0) is 20.7. The van der Waals surface area contributed by atoms with Crippen LogP contribution in [0.5, 0.6) is 0 Å². The van der Waals surface area contributed by atoms with E-state index in [1.54, 1.807) is 0 Å². The highest BCUT2D eigenvalue weighted by Crippen LogP contribution is 2.27. The molecule has 2 aromatic rings. The van der Waals surface area contributed by atoms with Crippen molar-refractivity contribution in [3.8, 4) is 0 Å². The molecule has 4 heteroatoms. The molecule has 1 aliphatic heterocycles. The molecule has 156 valence electrons. The smallest absolute Gasteiger partial charge is 0.410 e. The summed E-state index contributed by atoms with van der Waals surface area (Å²) in [5, 5.41) is 3.72. The highest BCUT2D eigenvalue weighted by Gasteiger charge is 2.26. The lowest BCUT2D eigenvalue weighted by molar-refractivity contribution is 0.0198. The zero-order valence-corrected chi connectivity index (χ0v) is 17.9. The van der Waals surface area contributed by atoms with Gasteiger partial charge in [-0.2, -0.15) is 0 Å². The third-order valence-electron chi connectivity index (χ3n) is 5.42. The monoisotopic (exact) mass is 394 g/mol. The molecule has 0 spiro atoms. The van der Waals surface area contributed by atoms with Gasteiger partial charge >= 0.3 is 6.09 Å². The molecule has 4 nitrogen and oxygen atoms in total. The number of nitrogens with one attached hydrogen (secondary N) is 1. The van der Waals surface area contributed by atoms with E-state index in [0.29, 0.717) is 12.0 Å². The molecule has 29 heavy (non-hydrogen) atoms. The van der Waals surface area contributed by atoms with E-state index < -0.39 is 5.60 Å². The van der Waals surface area contributed by atoms with E-state index in [0.717, 1.165) is 38.9 Å². The molecule has 1 saturated heterocycles. The van der Waals surface area contributed by atoms with Gasteiger partial charge < -0.3 is 15.0 Å². The second-order valence-electron chi connectivity index (χ2n) is 8.86. The Labute approximate surface area is 175 Å². The van der Waals surface area contributed by atoms with E-state index in [9.17, 15) is 4.79 Å². The first kappa shape index (κ1) is 21.4. The summed E-state index contributed by atoms with van der Waals surface area (Å²) in [7, 11) is 0. The average Bonchev–Trinajstić information content (AvgIpc) is 2.72. The molecule has 2 aromatic carbocycles. The molecule has 0 aromatic heterocycles. The molecule has 0 aliphatic carbocycles. The van der Waals surface area contributed by atoms with Crippen molar-refractivity contribution in [2.24, 2.45) is 0 Å². The van der Waals surface area contributed by atoms with Crippen LogP contribution in [0.25, 0.3) is 0 Å². The van der Waals surface area contributed by atoms with Crippen LogP contribution in [0.3, 0.4) is 0 Å². The highest BCUT2D eigenvalue weighted by molar-refractivity contribution is 5.68. The minimum Gasteiger partial charge on any atom is -0.444 e. The molecule has 1 heterocycles. The summed E-state index contributed by atoms with van der Waals surface area (Å²) in [6.07, 6.45) is 2.81. The molecule has 1 N–H and O–H groups in total. The molecule has 0 bridgehead atoms. The number of carbonyl (C=O) groups is 1. The Bertz CT molecular complexity index is 708. The van der Waals surface area contributed by atoms with Crippen LogP contribution in [0.1, 0.15) is 57.1 Å². The Balaban J connectivity index is 1.49. The van der Waals surface area contributed by atoms with Gasteiger partial charge in [-0.1, -0.05) is 60.7 Å². The number of hydrogen-bond acceptors (Lipinski definition) is 3. The minimum absolute atomic E-state index is 0.191. The summed E-state index contributed by atoms with van der Waals surface area (Å²) < 4.78 is 5.49. The fraction of sp³-hybridized carbons (Fsp3) is 0.480. The third-order valence-corrected chi connectivity index (χ3v) is 5.42. The van der Waals surface area contributed by atoms with Gasteiger partial charge in [0.25, 0.3) is 0 Å². The summed E-state index contributed by atoms with van der Waals surface area (Å²) in [5.74, 6) is 0.395. The van der Waals surface area contributed by atoms with Gasteiger partial charge in [-0.05, 0) is 57.7 Å². The number of hydrogen-bond donors (Lipinski definition) is 1. The molecule has 1 aliphatic rings. The summed E-state index contributed by atoms with van der Waals surface area (Å²) in [6, 6.07) is 21.9. The van der Waals surface area contributed by atoms with Gasteiger partial charge in [-0.15, -0.1) is 0 Å². The molecule has 0 saturated carbocycles. The maximum Gasteiger partial charge on any atom is 0.410 e. The Hall–Kier alpha value is -2.33. The molecule has 0 atom stereocenters. The van der Waals surface area contributed by atoms with Crippen LogP contribution < -0.4 is 5.32 Å². The van der Waals surface area contributed by atoms with Crippen LogP contribution in [-0.2, 0) is 4.74 Å². The molecule has 1 amide bonds. The number of ether oxygens (including phenoxy) is 1. The molecule has 3 rings (SSSR count). The van der Waals surface area contributed by atoms with Crippen LogP contribution >= 0.6 is 0 Å². The van der Waals surface area contributed by atoms with Gasteiger partial charge in [-0.3, -0.25) is 0 Å².